The summed E-state index contributed by atoms with van der Waals surface area (Å²) < 4.78 is 5.31. The molecule has 0 aliphatic rings. The summed E-state index contributed by atoms with van der Waals surface area (Å²) in [7, 11) is 0. The van der Waals surface area contributed by atoms with Crippen molar-refractivity contribution in [1.29, 1.82) is 0 Å². The molecule has 0 bridgehead atoms. The number of nitrogens with zero attached hydrogens (tertiary/aromatic N) is 5. The van der Waals surface area contributed by atoms with E-state index in [1.54, 1.807) is 12.1 Å². The maximum atomic E-state index is 6.00. The number of H-pyrrole nitrogens is 1. The van der Waals surface area contributed by atoms with Crippen LogP contribution in [-0.2, 0) is 5.75 Å². The molecule has 27 heavy (non-hydrogen) atoms. The van der Waals surface area contributed by atoms with E-state index in [2.05, 4.69) is 30.3 Å². The largest absolute Gasteiger partial charge is 0.338 e. The van der Waals surface area contributed by atoms with Gasteiger partial charge in [-0.3, -0.25) is 0 Å². The van der Waals surface area contributed by atoms with Gasteiger partial charge >= 0.3 is 0 Å². The van der Waals surface area contributed by atoms with Crippen molar-refractivity contribution < 1.29 is 4.52 Å². The summed E-state index contributed by atoms with van der Waals surface area (Å²) in [5, 5.41) is 14.7. The number of para-hydroxylation sites is 1. The van der Waals surface area contributed by atoms with Gasteiger partial charge in [0.15, 0.2) is 5.65 Å². The molecule has 0 atom stereocenters. The van der Waals surface area contributed by atoms with Gasteiger partial charge < -0.3 is 9.51 Å². The van der Waals surface area contributed by atoms with Crippen molar-refractivity contribution in [3.05, 3.63) is 59.4 Å². The third kappa shape index (κ3) is 3.13. The molecule has 5 aromatic rings. The lowest BCUT2D eigenvalue weighted by Gasteiger charge is -1.96. The van der Waals surface area contributed by atoms with Gasteiger partial charge in [-0.15, -0.1) is 10.2 Å². The number of thioether (sulfide) groups is 1. The van der Waals surface area contributed by atoms with E-state index in [1.165, 1.54) is 11.8 Å². The highest BCUT2D eigenvalue weighted by atomic mass is 35.5. The van der Waals surface area contributed by atoms with Gasteiger partial charge in [0.05, 0.1) is 5.75 Å². The van der Waals surface area contributed by atoms with Gasteiger partial charge in [-0.1, -0.05) is 58.9 Å². The number of nitrogens with one attached hydrogen (secondary N) is 1. The van der Waals surface area contributed by atoms with Crippen LogP contribution in [0, 0.1) is 0 Å². The number of rotatable bonds is 4. The van der Waals surface area contributed by atoms with E-state index in [0.29, 0.717) is 33.3 Å². The second kappa shape index (κ2) is 6.64. The van der Waals surface area contributed by atoms with Crippen molar-refractivity contribution in [2.24, 2.45) is 0 Å². The minimum absolute atomic E-state index is 0.445. The molecule has 0 spiro atoms. The summed E-state index contributed by atoms with van der Waals surface area (Å²) in [4.78, 5) is 12.2. The number of aromatic amines is 1. The molecule has 0 amide bonds. The van der Waals surface area contributed by atoms with Crippen LogP contribution in [0.4, 0.5) is 0 Å². The van der Waals surface area contributed by atoms with Crippen molar-refractivity contribution in [2.75, 3.05) is 0 Å². The first-order valence-electron chi connectivity index (χ1n) is 8.09. The van der Waals surface area contributed by atoms with Crippen LogP contribution in [0.3, 0.4) is 0 Å². The monoisotopic (exact) mass is 394 g/mol. The highest BCUT2D eigenvalue weighted by Gasteiger charge is 2.12. The smallest absolute Gasteiger partial charge is 0.237 e. The van der Waals surface area contributed by atoms with Crippen LogP contribution in [0.1, 0.15) is 5.89 Å². The minimum atomic E-state index is 0.445. The highest BCUT2D eigenvalue weighted by Crippen LogP contribution is 2.25. The zero-order chi connectivity index (χ0) is 18.2. The maximum absolute atomic E-state index is 6.00. The van der Waals surface area contributed by atoms with Crippen molar-refractivity contribution in [1.82, 2.24) is 30.3 Å². The minimum Gasteiger partial charge on any atom is -0.338 e. The fourth-order valence-electron chi connectivity index (χ4n) is 2.75. The molecule has 2 aromatic carbocycles. The summed E-state index contributed by atoms with van der Waals surface area (Å²) in [5.41, 5.74) is 3.26. The lowest BCUT2D eigenvalue weighted by molar-refractivity contribution is 0.391. The van der Waals surface area contributed by atoms with Crippen LogP contribution in [0.25, 0.3) is 33.5 Å². The highest BCUT2D eigenvalue weighted by molar-refractivity contribution is 7.98. The molecule has 0 saturated heterocycles. The van der Waals surface area contributed by atoms with Crippen molar-refractivity contribution in [3.8, 4) is 11.4 Å². The zero-order valence-corrected chi connectivity index (χ0v) is 15.3. The normalized spacial score (nSPS) is 11.4. The average molecular weight is 395 g/mol. The van der Waals surface area contributed by atoms with E-state index in [0.717, 1.165) is 22.0 Å². The zero-order valence-electron chi connectivity index (χ0n) is 13.8. The van der Waals surface area contributed by atoms with Gasteiger partial charge in [-0.05, 0) is 18.2 Å². The fourth-order valence-corrected chi connectivity index (χ4v) is 3.57. The molecule has 0 aliphatic heterocycles. The predicted octanol–water partition coefficient (Wildman–Crippen LogP) is 4.50. The first kappa shape index (κ1) is 16.2. The van der Waals surface area contributed by atoms with E-state index >= 15 is 0 Å². The molecule has 1 N–H and O–H groups in total. The summed E-state index contributed by atoms with van der Waals surface area (Å²) in [6, 6.07) is 15.2. The molecular weight excluding hydrogens is 384 g/mol. The molecule has 0 fully saturated rings. The van der Waals surface area contributed by atoms with E-state index in [9.17, 15) is 0 Å². The van der Waals surface area contributed by atoms with Crippen molar-refractivity contribution in [3.63, 3.8) is 0 Å². The molecule has 132 valence electrons. The van der Waals surface area contributed by atoms with Gasteiger partial charge in [0, 0.05) is 21.5 Å². The van der Waals surface area contributed by atoms with Crippen LogP contribution in [0.15, 0.2) is 58.2 Å². The number of halogens is 1. The average Bonchev–Trinajstić information content (AvgIpc) is 3.30. The van der Waals surface area contributed by atoms with E-state index < -0.39 is 0 Å². The molecule has 0 radical (unpaired) electrons. The lowest BCUT2D eigenvalue weighted by atomic mass is 10.2. The molecule has 9 heteroatoms. The van der Waals surface area contributed by atoms with Gasteiger partial charge in [-0.25, -0.2) is 4.98 Å². The standard InChI is InChI=1S/C18H11ClN6OS/c19-11-5-3-4-10(8-11)16-21-14(26-25-16)9-27-18-22-17-15(23-24-18)12-6-1-2-7-13(12)20-17/h1-8H,9H2,(H,20,22,24). The number of fused-ring (bicyclic) bond motifs is 3. The number of benzene rings is 2. The lowest BCUT2D eigenvalue weighted by Crippen LogP contribution is -1.92. The quantitative estimate of drug-likeness (QED) is 0.448. The summed E-state index contributed by atoms with van der Waals surface area (Å²) in [6.45, 7) is 0. The Balaban J connectivity index is 1.36. The Kier molecular flexibility index (Phi) is 3.99. The molecule has 3 aromatic heterocycles. The van der Waals surface area contributed by atoms with Gasteiger partial charge in [0.25, 0.3) is 0 Å². The third-order valence-electron chi connectivity index (χ3n) is 3.98. The molecule has 0 saturated carbocycles. The molecule has 0 unspecified atom stereocenters. The number of hydrogen-bond acceptors (Lipinski definition) is 7. The van der Waals surface area contributed by atoms with Crippen LogP contribution in [-0.4, -0.2) is 30.3 Å². The first-order valence-corrected chi connectivity index (χ1v) is 9.45. The number of hydrogen-bond donors (Lipinski definition) is 1. The van der Waals surface area contributed by atoms with Crippen molar-refractivity contribution in [2.45, 2.75) is 10.9 Å². The van der Waals surface area contributed by atoms with Gasteiger partial charge in [0.2, 0.25) is 16.9 Å². The Morgan fingerprint density at radius 3 is 2.89 bits per heavy atom. The molecule has 7 nitrogen and oxygen atoms in total. The third-order valence-corrected chi connectivity index (χ3v) is 5.04. The Hall–Kier alpha value is -2.97. The Bertz CT molecular complexity index is 1270. The first-order chi connectivity index (χ1) is 13.3. The van der Waals surface area contributed by atoms with Crippen LogP contribution >= 0.6 is 23.4 Å². The summed E-state index contributed by atoms with van der Waals surface area (Å²) >= 11 is 7.39. The molecular formula is C18H11ClN6OS. The number of aromatic nitrogens is 6. The molecule has 0 aliphatic carbocycles. The SMILES string of the molecule is Clc1cccc(-c2noc(CSc3nnc4c(n3)[nH]c3ccccc34)n2)c1. The van der Waals surface area contributed by atoms with E-state index in [1.807, 2.05) is 36.4 Å². The predicted molar refractivity (Wildman–Crippen MR) is 103 cm³/mol. The summed E-state index contributed by atoms with van der Waals surface area (Å²) in [5.74, 6) is 1.43. The fraction of sp³-hybridized carbons (Fsp3) is 0.0556. The maximum Gasteiger partial charge on any atom is 0.237 e. The summed E-state index contributed by atoms with van der Waals surface area (Å²) in [6.07, 6.45) is 0. The van der Waals surface area contributed by atoms with Gasteiger partial charge in [-0.2, -0.15) is 4.98 Å². The van der Waals surface area contributed by atoms with E-state index in [-0.39, 0.29) is 0 Å². The van der Waals surface area contributed by atoms with Crippen LogP contribution in [0.5, 0.6) is 0 Å². The van der Waals surface area contributed by atoms with Gasteiger partial charge in [0.1, 0.15) is 5.52 Å². The Morgan fingerprint density at radius 1 is 1.04 bits per heavy atom. The second-order valence-corrected chi connectivity index (χ2v) is 7.15. The van der Waals surface area contributed by atoms with E-state index in [4.69, 9.17) is 16.1 Å². The molecule has 3 heterocycles. The Labute approximate surface area is 162 Å². The Morgan fingerprint density at radius 2 is 1.96 bits per heavy atom. The van der Waals surface area contributed by atoms with Crippen molar-refractivity contribution >= 4 is 45.4 Å². The topological polar surface area (TPSA) is 93.4 Å². The molecule has 5 rings (SSSR count). The van der Waals surface area contributed by atoms with Crippen LogP contribution in [0.2, 0.25) is 5.02 Å². The second-order valence-electron chi connectivity index (χ2n) is 5.77. The van der Waals surface area contributed by atoms with Crippen LogP contribution < -0.4 is 0 Å².